The van der Waals surface area contributed by atoms with Crippen molar-refractivity contribution >= 4 is 22.6 Å². The van der Waals surface area contributed by atoms with E-state index in [-0.39, 0.29) is 5.91 Å². The number of carbonyl (C=O) groups excluding carboxylic acids is 1. The second kappa shape index (κ2) is 3.84. The Morgan fingerprint density at radius 3 is 3.07 bits per heavy atom. The van der Waals surface area contributed by atoms with Crippen LogP contribution in [-0.4, -0.2) is 16.1 Å². The Kier molecular flexibility index (Phi) is 2.38. The standard InChI is InChI=1S/C11H9N3O/c1-2-5-10(15)12-11-8-6-3-4-7-9(8)13-14-11/h3-4,6-7H,1H3,(H2,12,13,14,15). The lowest BCUT2D eigenvalue weighted by atomic mass is 10.2. The zero-order valence-corrected chi connectivity index (χ0v) is 8.16. The summed E-state index contributed by atoms with van der Waals surface area (Å²) in [6.07, 6.45) is 0. The van der Waals surface area contributed by atoms with Crippen LogP contribution in [0.1, 0.15) is 6.92 Å². The minimum atomic E-state index is -0.352. The molecule has 1 amide bonds. The third kappa shape index (κ3) is 1.81. The zero-order valence-electron chi connectivity index (χ0n) is 8.16. The number of carbonyl (C=O) groups is 1. The molecular formula is C11H9N3O. The number of H-pyrrole nitrogens is 1. The number of benzene rings is 1. The highest BCUT2D eigenvalue weighted by Crippen LogP contribution is 2.18. The molecule has 0 aliphatic heterocycles. The number of amides is 1. The van der Waals surface area contributed by atoms with Crippen LogP contribution in [0.4, 0.5) is 5.82 Å². The van der Waals surface area contributed by atoms with Crippen molar-refractivity contribution in [2.24, 2.45) is 0 Å². The number of aromatic amines is 1. The first kappa shape index (κ1) is 9.28. The van der Waals surface area contributed by atoms with E-state index in [2.05, 4.69) is 27.4 Å². The topological polar surface area (TPSA) is 57.8 Å². The van der Waals surface area contributed by atoms with E-state index in [0.717, 1.165) is 10.9 Å². The minimum Gasteiger partial charge on any atom is -0.298 e. The molecule has 74 valence electrons. The number of nitrogens with zero attached hydrogens (tertiary/aromatic N) is 1. The van der Waals surface area contributed by atoms with Gasteiger partial charge in [-0.1, -0.05) is 18.1 Å². The van der Waals surface area contributed by atoms with Gasteiger partial charge < -0.3 is 0 Å². The largest absolute Gasteiger partial charge is 0.301 e. The number of rotatable bonds is 1. The van der Waals surface area contributed by atoms with Crippen LogP contribution in [0.15, 0.2) is 24.3 Å². The molecule has 15 heavy (non-hydrogen) atoms. The quantitative estimate of drug-likeness (QED) is 0.684. The molecule has 0 aliphatic carbocycles. The highest BCUT2D eigenvalue weighted by molar-refractivity contribution is 6.07. The molecule has 0 atom stereocenters. The molecule has 0 saturated carbocycles. The molecular weight excluding hydrogens is 190 g/mol. The number of fused-ring (bicyclic) bond motifs is 1. The predicted octanol–water partition coefficient (Wildman–Crippen LogP) is 1.52. The third-order valence-electron chi connectivity index (χ3n) is 1.94. The van der Waals surface area contributed by atoms with Gasteiger partial charge in [0.15, 0.2) is 5.82 Å². The Hall–Kier alpha value is -2.28. The van der Waals surface area contributed by atoms with Crippen LogP contribution in [0.2, 0.25) is 0 Å². The van der Waals surface area contributed by atoms with E-state index >= 15 is 0 Å². The molecule has 0 bridgehead atoms. The maximum atomic E-state index is 11.2. The molecule has 2 rings (SSSR count). The molecule has 2 aromatic rings. The van der Waals surface area contributed by atoms with Crippen molar-refractivity contribution in [2.75, 3.05) is 5.32 Å². The van der Waals surface area contributed by atoms with Crippen molar-refractivity contribution < 1.29 is 4.79 Å². The molecule has 1 aromatic heterocycles. The molecule has 0 fully saturated rings. The van der Waals surface area contributed by atoms with Gasteiger partial charge in [0.1, 0.15) is 0 Å². The van der Waals surface area contributed by atoms with Gasteiger partial charge >= 0.3 is 5.91 Å². The van der Waals surface area contributed by atoms with Crippen molar-refractivity contribution in [3.8, 4) is 11.8 Å². The van der Waals surface area contributed by atoms with E-state index in [9.17, 15) is 4.79 Å². The fourth-order valence-corrected chi connectivity index (χ4v) is 1.31. The average Bonchev–Trinajstić information content (AvgIpc) is 2.62. The fourth-order valence-electron chi connectivity index (χ4n) is 1.31. The Morgan fingerprint density at radius 2 is 2.27 bits per heavy atom. The number of anilines is 1. The van der Waals surface area contributed by atoms with Crippen LogP contribution in [0.25, 0.3) is 10.9 Å². The Balaban J connectivity index is 2.35. The van der Waals surface area contributed by atoms with E-state index < -0.39 is 0 Å². The molecule has 0 spiro atoms. The van der Waals surface area contributed by atoms with E-state index in [4.69, 9.17) is 0 Å². The number of nitrogens with one attached hydrogen (secondary N) is 2. The molecule has 1 heterocycles. The first-order valence-corrected chi connectivity index (χ1v) is 4.48. The van der Waals surface area contributed by atoms with Crippen LogP contribution in [0.5, 0.6) is 0 Å². The second-order valence-electron chi connectivity index (χ2n) is 2.95. The lowest BCUT2D eigenvalue weighted by Crippen LogP contribution is -2.08. The molecule has 0 unspecified atom stereocenters. The number of hydrogen-bond donors (Lipinski definition) is 2. The van der Waals surface area contributed by atoms with Gasteiger partial charge in [-0.2, -0.15) is 5.10 Å². The summed E-state index contributed by atoms with van der Waals surface area (Å²) in [5.41, 5.74) is 0.886. The summed E-state index contributed by atoms with van der Waals surface area (Å²) in [6, 6.07) is 7.56. The highest BCUT2D eigenvalue weighted by atomic mass is 16.1. The SMILES string of the molecule is CC#CC(=O)Nc1n[nH]c2ccccc12. The minimum absolute atomic E-state index is 0.352. The summed E-state index contributed by atoms with van der Waals surface area (Å²) < 4.78 is 0. The molecule has 1 aromatic carbocycles. The Morgan fingerprint density at radius 1 is 1.47 bits per heavy atom. The highest BCUT2D eigenvalue weighted by Gasteiger charge is 2.06. The summed E-state index contributed by atoms with van der Waals surface area (Å²) in [5, 5.41) is 10.3. The summed E-state index contributed by atoms with van der Waals surface area (Å²) in [7, 11) is 0. The summed E-state index contributed by atoms with van der Waals surface area (Å²) in [4.78, 5) is 11.2. The van der Waals surface area contributed by atoms with Gasteiger partial charge in [0.2, 0.25) is 0 Å². The lowest BCUT2D eigenvalue weighted by Gasteiger charge is -1.95. The van der Waals surface area contributed by atoms with Crippen molar-refractivity contribution in [3.63, 3.8) is 0 Å². The average molecular weight is 199 g/mol. The van der Waals surface area contributed by atoms with E-state index in [0.29, 0.717) is 5.82 Å². The molecule has 0 aliphatic rings. The monoisotopic (exact) mass is 199 g/mol. The van der Waals surface area contributed by atoms with Crippen LogP contribution in [0.3, 0.4) is 0 Å². The van der Waals surface area contributed by atoms with Crippen molar-refractivity contribution in [2.45, 2.75) is 6.92 Å². The number of aromatic nitrogens is 2. The van der Waals surface area contributed by atoms with Gasteiger partial charge in [0, 0.05) is 5.39 Å². The first-order valence-electron chi connectivity index (χ1n) is 4.48. The summed E-state index contributed by atoms with van der Waals surface area (Å²) in [5.74, 6) is 5.08. The van der Waals surface area contributed by atoms with Crippen LogP contribution in [0, 0.1) is 11.8 Å². The van der Waals surface area contributed by atoms with Gasteiger partial charge in [0.05, 0.1) is 5.52 Å². The second-order valence-corrected chi connectivity index (χ2v) is 2.95. The van der Waals surface area contributed by atoms with E-state index in [1.54, 1.807) is 6.92 Å². The van der Waals surface area contributed by atoms with Crippen LogP contribution in [-0.2, 0) is 4.79 Å². The molecule has 0 saturated heterocycles. The maximum Gasteiger partial charge on any atom is 0.301 e. The normalized spacial score (nSPS) is 9.40. The van der Waals surface area contributed by atoms with E-state index in [1.807, 2.05) is 24.3 Å². The van der Waals surface area contributed by atoms with Gasteiger partial charge in [-0.25, -0.2) is 0 Å². The van der Waals surface area contributed by atoms with Crippen LogP contribution >= 0.6 is 0 Å². The van der Waals surface area contributed by atoms with Gasteiger partial charge in [-0.05, 0) is 25.0 Å². The molecule has 4 nitrogen and oxygen atoms in total. The number of hydrogen-bond acceptors (Lipinski definition) is 2. The lowest BCUT2D eigenvalue weighted by molar-refractivity contribution is -0.111. The van der Waals surface area contributed by atoms with E-state index in [1.165, 1.54) is 0 Å². The fraction of sp³-hybridized carbons (Fsp3) is 0.0909. The molecule has 2 N–H and O–H groups in total. The Labute approximate surface area is 86.7 Å². The van der Waals surface area contributed by atoms with Crippen molar-refractivity contribution in [1.29, 1.82) is 0 Å². The molecule has 0 radical (unpaired) electrons. The first-order chi connectivity index (χ1) is 7.31. The Bertz CT molecular complexity index is 560. The predicted molar refractivity (Wildman–Crippen MR) is 58.2 cm³/mol. The van der Waals surface area contributed by atoms with Crippen molar-refractivity contribution in [1.82, 2.24) is 10.2 Å². The summed E-state index contributed by atoms with van der Waals surface area (Å²) >= 11 is 0. The molecule has 4 heteroatoms. The number of para-hydroxylation sites is 1. The zero-order chi connectivity index (χ0) is 10.7. The maximum absolute atomic E-state index is 11.2. The third-order valence-corrected chi connectivity index (χ3v) is 1.94. The van der Waals surface area contributed by atoms with Gasteiger partial charge in [-0.15, -0.1) is 0 Å². The van der Waals surface area contributed by atoms with Gasteiger partial charge in [-0.3, -0.25) is 15.2 Å². The van der Waals surface area contributed by atoms with Crippen molar-refractivity contribution in [3.05, 3.63) is 24.3 Å². The smallest absolute Gasteiger partial charge is 0.298 e. The van der Waals surface area contributed by atoms with Crippen LogP contribution < -0.4 is 5.32 Å². The van der Waals surface area contributed by atoms with Gasteiger partial charge in [0.25, 0.3) is 0 Å². The summed E-state index contributed by atoms with van der Waals surface area (Å²) in [6.45, 7) is 1.61.